The first-order valence-corrected chi connectivity index (χ1v) is 8.92. The summed E-state index contributed by atoms with van der Waals surface area (Å²) in [4.78, 5) is 11.4. The summed E-state index contributed by atoms with van der Waals surface area (Å²) in [6.45, 7) is 1.55. The second-order valence-electron chi connectivity index (χ2n) is 5.08. The number of nitrogens with zero attached hydrogens (tertiary/aromatic N) is 1. The van der Waals surface area contributed by atoms with Gasteiger partial charge in [-0.25, -0.2) is 8.42 Å². The third kappa shape index (κ3) is 4.12. The van der Waals surface area contributed by atoms with Gasteiger partial charge in [0, 0.05) is 29.2 Å². The first-order chi connectivity index (χ1) is 10.7. The molecule has 2 aromatic carbocycles. The van der Waals surface area contributed by atoms with Gasteiger partial charge in [0.2, 0.25) is 10.0 Å². The fraction of sp³-hybridized carbons (Fsp3) is 0.188. The number of rotatable bonds is 5. The van der Waals surface area contributed by atoms with Gasteiger partial charge in [-0.1, -0.05) is 41.4 Å². The van der Waals surface area contributed by atoms with E-state index in [0.717, 1.165) is 0 Å². The Bertz CT molecular complexity index is 833. The maximum absolute atomic E-state index is 12.6. The number of carbonyl (C=O) groups is 1. The van der Waals surface area contributed by atoms with Gasteiger partial charge in [0.15, 0.2) is 5.78 Å². The Kier molecular flexibility index (Phi) is 5.47. The molecule has 0 fully saturated rings. The lowest BCUT2D eigenvalue weighted by atomic mass is 10.2. The standard InChI is InChI=1S/C16H15Cl2NO3S/c1-11(20)12-4-7-15(8-5-12)23(21,22)19(2)10-13-3-6-14(17)9-16(13)18/h3-9H,10H2,1-2H3. The molecule has 0 bridgehead atoms. The van der Waals surface area contributed by atoms with E-state index in [-0.39, 0.29) is 17.2 Å². The highest BCUT2D eigenvalue weighted by Crippen LogP contribution is 2.24. The third-order valence-electron chi connectivity index (χ3n) is 3.38. The van der Waals surface area contributed by atoms with E-state index in [2.05, 4.69) is 0 Å². The minimum absolute atomic E-state index is 0.116. The van der Waals surface area contributed by atoms with Crippen LogP contribution < -0.4 is 0 Å². The van der Waals surface area contributed by atoms with Crippen LogP contribution in [0.25, 0.3) is 0 Å². The molecule has 0 N–H and O–H groups in total. The molecule has 2 aromatic rings. The van der Waals surface area contributed by atoms with Gasteiger partial charge in [0.05, 0.1) is 4.90 Å². The molecule has 4 nitrogen and oxygen atoms in total. The van der Waals surface area contributed by atoms with Crippen molar-refractivity contribution in [1.82, 2.24) is 4.31 Å². The van der Waals surface area contributed by atoms with Gasteiger partial charge in [-0.05, 0) is 36.8 Å². The van der Waals surface area contributed by atoms with E-state index in [9.17, 15) is 13.2 Å². The van der Waals surface area contributed by atoms with Gasteiger partial charge in [0.25, 0.3) is 0 Å². The summed E-state index contributed by atoms with van der Waals surface area (Å²) in [5.74, 6) is -0.116. The predicted octanol–water partition coefficient (Wildman–Crippen LogP) is 4.02. The van der Waals surface area contributed by atoms with Crippen LogP contribution in [-0.2, 0) is 16.6 Å². The summed E-state index contributed by atoms with van der Waals surface area (Å²) in [5, 5.41) is 0.899. The SMILES string of the molecule is CC(=O)c1ccc(S(=O)(=O)N(C)Cc2ccc(Cl)cc2Cl)cc1. The van der Waals surface area contributed by atoms with Crippen LogP contribution in [0.5, 0.6) is 0 Å². The average Bonchev–Trinajstić information content (AvgIpc) is 2.50. The molecule has 0 aromatic heterocycles. The van der Waals surface area contributed by atoms with E-state index in [0.29, 0.717) is 21.2 Å². The van der Waals surface area contributed by atoms with Gasteiger partial charge in [0.1, 0.15) is 0 Å². The van der Waals surface area contributed by atoms with Crippen LogP contribution in [0.3, 0.4) is 0 Å². The zero-order chi connectivity index (χ0) is 17.2. The molecular formula is C16H15Cl2NO3S. The van der Waals surface area contributed by atoms with Gasteiger partial charge >= 0.3 is 0 Å². The van der Waals surface area contributed by atoms with Crippen LogP contribution in [-0.4, -0.2) is 25.6 Å². The predicted molar refractivity (Wildman–Crippen MR) is 91.6 cm³/mol. The Balaban J connectivity index is 2.26. The fourth-order valence-electron chi connectivity index (χ4n) is 2.02. The van der Waals surface area contributed by atoms with Crippen molar-refractivity contribution >= 4 is 39.0 Å². The summed E-state index contributed by atoms with van der Waals surface area (Å²) in [5.41, 5.74) is 1.12. The average molecular weight is 372 g/mol. The first kappa shape index (κ1) is 17.9. The largest absolute Gasteiger partial charge is 0.295 e. The normalized spacial score (nSPS) is 11.7. The van der Waals surface area contributed by atoms with Crippen molar-refractivity contribution < 1.29 is 13.2 Å². The molecule has 0 saturated heterocycles. The zero-order valence-electron chi connectivity index (χ0n) is 12.6. The molecule has 0 aliphatic rings. The van der Waals surface area contributed by atoms with Crippen molar-refractivity contribution in [3.05, 3.63) is 63.6 Å². The molecule has 0 aliphatic carbocycles. The van der Waals surface area contributed by atoms with Crippen LogP contribution in [0.4, 0.5) is 0 Å². The lowest BCUT2D eigenvalue weighted by molar-refractivity contribution is 0.101. The summed E-state index contributed by atoms with van der Waals surface area (Å²) >= 11 is 11.9. The van der Waals surface area contributed by atoms with Crippen molar-refractivity contribution in [2.24, 2.45) is 0 Å². The highest BCUT2D eigenvalue weighted by atomic mass is 35.5. The molecule has 0 aliphatic heterocycles. The Morgan fingerprint density at radius 1 is 1.09 bits per heavy atom. The Labute approximate surface area is 145 Å². The smallest absolute Gasteiger partial charge is 0.243 e. The Morgan fingerprint density at radius 2 is 1.70 bits per heavy atom. The topological polar surface area (TPSA) is 54.5 Å². The summed E-state index contributed by atoms with van der Waals surface area (Å²) in [7, 11) is -2.20. The maximum atomic E-state index is 12.6. The molecule has 122 valence electrons. The van der Waals surface area contributed by atoms with Gasteiger partial charge in [-0.15, -0.1) is 0 Å². The molecular weight excluding hydrogens is 357 g/mol. The van der Waals surface area contributed by atoms with E-state index in [1.165, 1.54) is 42.5 Å². The Morgan fingerprint density at radius 3 is 2.22 bits per heavy atom. The van der Waals surface area contributed by atoms with Crippen LogP contribution >= 0.6 is 23.2 Å². The number of hydrogen-bond acceptors (Lipinski definition) is 3. The van der Waals surface area contributed by atoms with Crippen molar-refractivity contribution in [3.63, 3.8) is 0 Å². The molecule has 0 saturated carbocycles. The van der Waals surface area contributed by atoms with E-state index in [1.54, 1.807) is 18.2 Å². The van der Waals surface area contributed by atoms with Crippen LogP contribution in [0.15, 0.2) is 47.4 Å². The van der Waals surface area contributed by atoms with Gasteiger partial charge in [-0.3, -0.25) is 4.79 Å². The molecule has 0 heterocycles. The quantitative estimate of drug-likeness (QED) is 0.745. The van der Waals surface area contributed by atoms with Crippen LogP contribution in [0.2, 0.25) is 10.0 Å². The number of benzene rings is 2. The molecule has 23 heavy (non-hydrogen) atoms. The molecule has 0 radical (unpaired) electrons. The first-order valence-electron chi connectivity index (χ1n) is 6.73. The molecule has 7 heteroatoms. The number of carbonyl (C=O) groups excluding carboxylic acids is 1. The summed E-state index contributed by atoms with van der Waals surface area (Å²) < 4.78 is 26.3. The zero-order valence-corrected chi connectivity index (χ0v) is 14.9. The van der Waals surface area contributed by atoms with Crippen molar-refractivity contribution in [2.75, 3.05) is 7.05 Å². The lowest BCUT2D eigenvalue weighted by Gasteiger charge is -2.18. The molecule has 0 amide bonds. The maximum Gasteiger partial charge on any atom is 0.243 e. The number of ketones is 1. The molecule has 0 unspecified atom stereocenters. The van der Waals surface area contributed by atoms with Crippen molar-refractivity contribution in [1.29, 1.82) is 0 Å². The third-order valence-corrected chi connectivity index (χ3v) is 5.78. The van der Waals surface area contributed by atoms with Crippen molar-refractivity contribution in [3.8, 4) is 0 Å². The van der Waals surface area contributed by atoms with E-state index in [4.69, 9.17) is 23.2 Å². The number of halogens is 2. The van der Waals surface area contributed by atoms with E-state index < -0.39 is 10.0 Å². The fourth-order valence-corrected chi connectivity index (χ4v) is 3.63. The number of sulfonamides is 1. The highest BCUT2D eigenvalue weighted by Gasteiger charge is 2.21. The number of hydrogen-bond donors (Lipinski definition) is 0. The second kappa shape index (κ2) is 7.01. The second-order valence-corrected chi connectivity index (χ2v) is 7.97. The van der Waals surface area contributed by atoms with Crippen LogP contribution in [0, 0.1) is 0 Å². The van der Waals surface area contributed by atoms with E-state index in [1.807, 2.05) is 0 Å². The minimum Gasteiger partial charge on any atom is -0.295 e. The molecule has 0 atom stereocenters. The lowest BCUT2D eigenvalue weighted by Crippen LogP contribution is -2.26. The van der Waals surface area contributed by atoms with Gasteiger partial charge < -0.3 is 0 Å². The number of Topliss-reactive ketones (excluding diaryl/α,β-unsaturated/α-hetero) is 1. The van der Waals surface area contributed by atoms with Crippen LogP contribution in [0.1, 0.15) is 22.8 Å². The Hall–Kier alpha value is -1.40. The molecule has 2 rings (SSSR count). The van der Waals surface area contributed by atoms with Gasteiger partial charge in [-0.2, -0.15) is 4.31 Å². The summed E-state index contributed by atoms with van der Waals surface area (Å²) in [6, 6.07) is 10.8. The highest BCUT2D eigenvalue weighted by molar-refractivity contribution is 7.89. The van der Waals surface area contributed by atoms with Crippen molar-refractivity contribution in [2.45, 2.75) is 18.4 Å². The summed E-state index contributed by atoms with van der Waals surface area (Å²) in [6.07, 6.45) is 0. The van der Waals surface area contributed by atoms with E-state index >= 15 is 0 Å². The molecule has 0 spiro atoms. The minimum atomic E-state index is -3.68. The monoisotopic (exact) mass is 371 g/mol.